The lowest BCUT2D eigenvalue weighted by atomic mass is 10.1. The van der Waals surface area contributed by atoms with Crippen LogP contribution in [0, 0.1) is 0 Å². The van der Waals surface area contributed by atoms with E-state index in [0.717, 1.165) is 24.8 Å². The molecule has 3 heterocycles. The van der Waals surface area contributed by atoms with Crippen LogP contribution in [-0.2, 0) is 39.1 Å². The number of nitrogens with zero attached hydrogens (tertiary/aromatic N) is 4. The fraction of sp³-hybridized carbons (Fsp3) is 0.500. The molecule has 1 saturated heterocycles. The van der Waals surface area contributed by atoms with Crippen molar-refractivity contribution in [3.63, 3.8) is 0 Å². The number of hydrogen-bond donors (Lipinski definition) is 1. The zero-order valence-corrected chi connectivity index (χ0v) is 24.4. The van der Waals surface area contributed by atoms with Gasteiger partial charge in [0.2, 0.25) is 5.95 Å². The molecule has 1 aromatic carbocycles. The molecule has 4 atom stereocenters. The predicted molar refractivity (Wildman–Crippen MR) is 151 cm³/mol. The molecule has 220 valence electrons. The van der Waals surface area contributed by atoms with E-state index in [9.17, 15) is 14.4 Å². The minimum atomic E-state index is -1.07. The first-order chi connectivity index (χ1) is 19.8. The summed E-state index contributed by atoms with van der Waals surface area (Å²) in [5, 5.41) is 4.04. The Morgan fingerprint density at radius 3 is 2.41 bits per heavy atom. The van der Waals surface area contributed by atoms with E-state index in [1.807, 2.05) is 30.3 Å². The average Bonchev–Trinajstić information content (AvgIpc) is 3.46. The molecule has 0 bridgehead atoms. The summed E-state index contributed by atoms with van der Waals surface area (Å²) in [7, 11) is 0. The van der Waals surface area contributed by atoms with Crippen molar-refractivity contribution in [2.45, 2.75) is 82.3 Å². The second-order valence-corrected chi connectivity index (χ2v) is 10.5. The molecule has 1 aliphatic rings. The van der Waals surface area contributed by atoms with Crippen LogP contribution in [0.25, 0.3) is 11.2 Å². The van der Waals surface area contributed by atoms with Gasteiger partial charge < -0.3 is 24.3 Å². The molecule has 1 fully saturated rings. The summed E-state index contributed by atoms with van der Waals surface area (Å²) < 4.78 is 24.4. The smallest absolute Gasteiger partial charge is 0.303 e. The lowest BCUT2D eigenvalue weighted by molar-refractivity contribution is -0.166. The molecule has 41 heavy (non-hydrogen) atoms. The fourth-order valence-electron chi connectivity index (χ4n) is 4.56. The number of thioether (sulfide) groups is 1. The topological polar surface area (TPSA) is 144 Å². The fourth-order valence-corrected chi connectivity index (χ4v) is 5.45. The van der Waals surface area contributed by atoms with Gasteiger partial charge >= 0.3 is 17.9 Å². The lowest BCUT2D eigenvalue weighted by Crippen LogP contribution is -2.40. The summed E-state index contributed by atoms with van der Waals surface area (Å²) in [5.74, 6) is -0.602. The number of hydrogen-bond acceptors (Lipinski definition) is 12. The van der Waals surface area contributed by atoms with Crippen molar-refractivity contribution in [3.8, 4) is 0 Å². The van der Waals surface area contributed by atoms with Crippen LogP contribution < -0.4 is 5.32 Å². The van der Waals surface area contributed by atoms with Crippen molar-refractivity contribution in [2.75, 3.05) is 18.5 Å². The third kappa shape index (κ3) is 7.73. The van der Waals surface area contributed by atoms with E-state index in [1.165, 1.54) is 38.9 Å². The Balaban J connectivity index is 1.76. The Labute approximate surface area is 242 Å². The Morgan fingerprint density at radius 1 is 1.00 bits per heavy atom. The van der Waals surface area contributed by atoms with E-state index in [-0.39, 0.29) is 6.61 Å². The number of aromatic nitrogens is 4. The number of unbranched alkanes of at least 4 members (excludes halogenated alkanes) is 2. The highest BCUT2D eigenvalue weighted by atomic mass is 32.2. The summed E-state index contributed by atoms with van der Waals surface area (Å²) in [6.07, 6.45) is 0.420. The Hall–Kier alpha value is -3.71. The number of esters is 3. The molecule has 4 rings (SSSR count). The van der Waals surface area contributed by atoms with Crippen LogP contribution in [0.1, 0.15) is 58.7 Å². The van der Waals surface area contributed by atoms with Gasteiger partial charge in [0.25, 0.3) is 0 Å². The average molecular weight is 586 g/mol. The van der Waals surface area contributed by atoms with Crippen molar-refractivity contribution in [1.82, 2.24) is 19.5 Å². The summed E-state index contributed by atoms with van der Waals surface area (Å²) in [6, 6.07) is 10.0. The lowest BCUT2D eigenvalue weighted by Gasteiger charge is -2.24. The maximum absolute atomic E-state index is 12.2. The minimum absolute atomic E-state index is 0.208. The number of nitrogens with one attached hydrogen (secondary N) is 1. The Morgan fingerprint density at radius 2 is 1.73 bits per heavy atom. The number of fused-ring (bicyclic) bond motifs is 1. The standard InChI is InChI=1S/C28H35N5O7S/c1-5-6-10-13-29-28-32-22-25(30-16-31-26(22)41-15-20-11-8-7-9-12-20)33(28)27-24(39-19(4)36)23(38-18(3)35)21(40-27)14-37-17(2)34/h7-9,11-12,16,21,23-24,27H,5-6,10,13-15H2,1-4H3,(H,29,32)/t21-,23-,24-,27-/m1/s1. The van der Waals surface area contributed by atoms with E-state index in [2.05, 4.69) is 22.2 Å². The van der Waals surface area contributed by atoms with Gasteiger partial charge in [0.05, 0.1) is 0 Å². The molecular weight excluding hydrogens is 550 g/mol. The van der Waals surface area contributed by atoms with E-state index in [4.69, 9.17) is 23.9 Å². The van der Waals surface area contributed by atoms with Gasteiger partial charge in [-0.1, -0.05) is 61.9 Å². The van der Waals surface area contributed by atoms with Gasteiger partial charge in [-0.3, -0.25) is 19.0 Å². The van der Waals surface area contributed by atoms with E-state index < -0.39 is 42.4 Å². The number of carbonyl (C=O) groups is 3. The third-order valence-electron chi connectivity index (χ3n) is 6.32. The second-order valence-electron chi connectivity index (χ2n) is 9.58. The van der Waals surface area contributed by atoms with Gasteiger partial charge in [0.1, 0.15) is 29.6 Å². The summed E-state index contributed by atoms with van der Waals surface area (Å²) in [5.41, 5.74) is 2.13. The Bertz CT molecular complexity index is 1350. The van der Waals surface area contributed by atoms with Gasteiger partial charge in [0.15, 0.2) is 24.1 Å². The summed E-state index contributed by atoms with van der Waals surface area (Å²) in [6.45, 7) is 6.32. The first-order valence-electron chi connectivity index (χ1n) is 13.5. The number of rotatable bonds is 13. The molecule has 0 aliphatic carbocycles. The minimum Gasteiger partial charge on any atom is -0.463 e. The van der Waals surface area contributed by atoms with Gasteiger partial charge in [-0.15, -0.1) is 0 Å². The predicted octanol–water partition coefficient (Wildman–Crippen LogP) is 4.04. The molecule has 1 aliphatic heterocycles. The number of imidazole rings is 1. The van der Waals surface area contributed by atoms with Crippen molar-refractivity contribution < 1.29 is 33.3 Å². The van der Waals surface area contributed by atoms with Crippen LogP contribution in [0.15, 0.2) is 41.7 Å². The maximum atomic E-state index is 12.2. The van der Waals surface area contributed by atoms with Crippen molar-refractivity contribution in [3.05, 3.63) is 42.2 Å². The van der Waals surface area contributed by atoms with Crippen molar-refractivity contribution in [2.24, 2.45) is 0 Å². The molecule has 12 nitrogen and oxygen atoms in total. The third-order valence-corrected chi connectivity index (χ3v) is 7.37. The summed E-state index contributed by atoms with van der Waals surface area (Å²) >= 11 is 1.52. The zero-order valence-electron chi connectivity index (χ0n) is 23.6. The molecule has 13 heteroatoms. The van der Waals surface area contributed by atoms with Crippen LogP contribution in [0.5, 0.6) is 0 Å². The first kappa shape index (κ1) is 30.3. The highest BCUT2D eigenvalue weighted by molar-refractivity contribution is 7.98. The first-order valence-corrected chi connectivity index (χ1v) is 14.5. The molecule has 1 N–H and O–H groups in total. The second kappa shape index (κ2) is 14.3. The molecule has 3 aromatic rings. The maximum Gasteiger partial charge on any atom is 0.303 e. The van der Waals surface area contributed by atoms with E-state index in [1.54, 1.807) is 4.57 Å². The highest BCUT2D eigenvalue weighted by Crippen LogP contribution is 2.39. The molecular formula is C28H35N5O7S. The van der Waals surface area contributed by atoms with Gasteiger partial charge in [0, 0.05) is 33.1 Å². The normalized spacial score (nSPS) is 20.1. The zero-order chi connectivity index (χ0) is 29.4. The van der Waals surface area contributed by atoms with Gasteiger partial charge in [-0.05, 0) is 12.0 Å². The van der Waals surface area contributed by atoms with Gasteiger partial charge in [-0.25, -0.2) is 15.0 Å². The van der Waals surface area contributed by atoms with Crippen molar-refractivity contribution in [1.29, 1.82) is 0 Å². The number of benzene rings is 1. The monoisotopic (exact) mass is 585 g/mol. The molecule has 0 spiro atoms. The molecule has 0 amide bonds. The quantitative estimate of drug-likeness (QED) is 0.102. The SMILES string of the molecule is CCCCCNc1nc2c(SCc3ccccc3)ncnc2n1[C@@H]1O[C@H](COC(C)=O)[C@@H](OC(C)=O)[C@H]1OC(C)=O. The Kier molecular flexibility index (Phi) is 10.5. The van der Waals surface area contributed by atoms with Crippen LogP contribution in [-0.4, -0.2) is 68.9 Å². The van der Waals surface area contributed by atoms with Crippen LogP contribution >= 0.6 is 11.8 Å². The molecule has 0 saturated carbocycles. The summed E-state index contributed by atoms with van der Waals surface area (Å²) in [4.78, 5) is 49.7. The number of anilines is 1. The van der Waals surface area contributed by atoms with Crippen LogP contribution in [0.4, 0.5) is 5.95 Å². The molecule has 2 aromatic heterocycles. The molecule has 0 unspecified atom stereocenters. The van der Waals surface area contributed by atoms with Crippen LogP contribution in [0.3, 0.4) is 0 Å². The highest BCUT2D eigenvalue weighted by Gasteiger charge is 2.51. The largest absolute Gasteiger partial charge is 0.463 e. The van der Waals surface area contributed by atoms with Crippen molar-refractivity contribution >= 4 is 46.8 Å². The van der Waals surface area contributed by atoms with Gasteiger partial charge in [-0.2, -0.15) is 0 Å². The van der Waals surface area contributed by atoms with E-state index >= 15 is 0 Å². The van der Waals surface area contributed by atoms with E-state index in [0.29, 0.717) is 34.4 Å². The number of ether oxygens (including phenoxy) is 4. The van der Waals surface area contributed by atoms with Crippen LogP contribution in [0.2, 0.25) is 0 Å². The molecule has 0 radical (unpaired) electrons. The number of carbonyl (C=O) groups excluding carboxylic acids is 3.